The molecule has 0 heterocycles. The topological polar surface area (TPSA) is 63.7 Å². The van der Waals surface area contributed by atoms with Crippen molar-refractivity contribution in [1.29, 1.82) is 0 Å². The average molecular weight is 416 g/mol. The smallest absolute Gasteiger partial charge is 0.308 e. The lowest BCUT2D eigenvalue weighted by Crippen LogP contribution is -2.35. The maximum Gasteiger partial charge on any atom is 0.308 e. The highest BCUT2D eigenvalue weighted by Crippen LogP contribution is 2.48. The van der Waals surface area contributed by atoms with Crippen LogP contribution in [0.4, 0.5) is 0 Å². The van der Waals surface area contributed by atoms with E-state index in [1.54, 1.807) is 25.1 Å². The summed E-state index contributed by atoms with van der Waals surface area (Å²) in [5, 5.41) is 0. The van der Waals surface area contributed by atoms with Crippen LogP contribution in [0.2, 0.25) is 0 Å². The van der Waals surface area contributed by atoms with E-state index in [2.05, 4.69) is 26.0 Å². The van der Waals surface area contributed by atoms with Crippen molar-refractivity contribution in [3.8, 4) is 5.75 Å². The van der Waals surface area contributed by atoms with E-state index in [9.17, 15) is 13.2 Å². The van der Waals surface area contributed by atoms with Gasteiger partial charge in [-0.25, -0.2) is 0 Å². The van der Waals surface area contributed by atoms with Crippen molar-refractivity contribution in [2.45, 2.75) is 39.7 Å². The number of amides is 1. The molecule has 1 fully saturated rings. The van der Waals surface area contributed by atoms with Gasteiger partial charge in [-0.3, -0.25) is 4.79 Å². The highest BCUT2D eigenvalue weighted by Gasteiger charge is 2.45. The van der Waals surface area contributed by atoms with Crippen molar-refractivity contribution in [3.63, 3.8) is 0 Å². The van der Waals surface area contributed by atoms with Crippen LogP contribution in [0.25, 0.3) is 0 Å². The first-order chi connectivity index (χ1) is 13.8. The molecule has 2 aromatic carbocycles. The minimum Gasteiger partial charge on any atom is -0.382 e. The molecule has 2 atom stereocenters. The van der Waals surface area contributed by atoms with Crippen molar-refractivity contribution >= 4 is 16.0 Å². The van der Waals surface area contributed by atoms with Crippen LogP contribution >= 0.6 is 0 Å². The molecule has 5 nitrogen and oxygen atoms in total. The summed E-state index contributed by atoms with van der Waals surface area (Å²) in [4.78, 5) is 15.1. The number of carbonyl (C=O) groups is 1. The molecule has 0 radical (unpaired) electrons. The molecule has 3 rings (SSSR count). The maximum atomic E-state index is 13.2. The number of nitrogens with zero attached hydrogens (tertiary/aromatic N) is 1. The van der Waals surface area contributed by atoms with Gasteiger partial charge < -0.3 is 9.08 Å². The molecule has 0 unspecified atom stereocenters. The van der Waals surface area contributed by atoms with E-state index in [1.807, 2.05) is 29.2 Å². The van der Waals surface area contributed by atoms with Crippen LogP contribution in [0.3, 0.4) is 0 Å². The largest absolute Gasteiger partial charge is 0.382 e. The Morgan fingerprint density at radius 1 is 1.14 bits per heavy atom. The Hall–Kier alpha value is -2.34. The Balaban J connectivity index is 1.72. The number of hydrogen-bond donors (Lipinski definition) is 0. The second-order valence-electron chi connectivity index (χ2n) is 8.05. The summed E-state index contributed by atoms with van der Waals surface area (Å²) in [5.74, 6) is 1.03. The van der Waals surface area contributed by atoms with Crippen LogP contribution in [0, 0.1) is 11.8 Å². The predicted octanol–water partition coefficient (Wildman–Crippen LogP) is 4.20. The Kier molecular flexibility index (Phi) is 6.63. The normalized spacial score (nSPS) is 18.5. The van der Waals surface area contributed by atoms with E-state index in [0.29, 0.717) is 24.9 Å². The fourth-order valence-corrected chi connectivity index (χ4v) is 4.08. The lowest BCUT2D eigenvalue weighted by molar-refractivity contribution is -0.133. The van der Waals surface area contributed by atoms with Crippen LogP contribution in [-0.2, 0) is 21.5 Å². The van der Waals surface area contributed by atoms with Gasteiger partial charge in [0.15, 0.2) is 0 Å². The van der Waals surface area contributed by atoms with Gasteiger partial charge in [0.2, 0.25) is 5.91 Å². The van der Waals surface area contributed by atoms with Gasteiger partial charge in [0, 0.05) is 19.0 Å². The van der Waals surface area contributed by atoms with E-state index in [1.165, 1.54) is 5.56 Å². The van der Waals surface area contributed by atoms with Gasteiger partial charge in [-0.05, 0) is 48.4 Å². The number of hydrogen-bond acceptors (Lipinski definition) is 4. The first-order valence-corrected chi connectivity index (χ1v) is 11.7. The molecule has 0 spiro atoms. The van der Waals surface area contributed by atoms with Gasteiger partial charge in [0.25, 0.3) is 0 Å². The zero-order chi connectivity index (χ0) is 21.0. The predicted molar refractivity (Wildman–Crippen MR) is 114 cm³/mol. The first kappa shape index (κ1) is 21.4. The highest BCUT2D eigenvalue weighted by molar-refractivity contribution is 7.87. The lowest BCUT2D eigenvalue weighted by atomic mass is 10.1. The number of rotatable bonds is 9. The minimum atomic E-state index is -3.58. The summed E-state index contributed by atoms with van der Waals surface area (Å²) in [7, 11) is -3.58. The van der Waals surface area contributed by atoms with Crippen LogP contribution < -0.4 is 4.18 Å². The second kappa shape index (κ2) is 8.99. The van der Waals surface area contributed by atoms with Crippen LogP contribution in [-0.4, -0.2) is 31.5 Å². The molecule has 1 aliphatic carbocycles. The summed E-state index contributed by atoms with van der Waals surface area (Å²) < 4.78 is 28.6. The first-order valence-electron chi connectivity index (χ1n) is 10.1. The Labute approximate surface area is 173 Å². The van der Waals surface area contributed by atoms with Crippen molar-refractivity contribution in [2.24, 2.45) is 11.8 Å². The van der Waals surface area contributed by atoms with Crippen LogP contribution in [0.5, 0.6) is 5.75 Å². The molecule has 29 heavy (non-hydrogen) atoms. The summed E-state index contributed by atoms with van der Waals surface area (Å²) in [5.41, 5.74) is 2.08. The number of benzene rings is 2. The molecule has 0 aromatic heterocycles. The fraction of sp³-hybridized carbons (Fsp3) is 0.435. The molecular formula is C23H29NO4S. The molecule has 0 bridgehead atoms. The summed E-state index contributed by atoms with van der Waals surface area (Å²) >= 11 is 0. The van der Waals surface area contributed by atoms with Crippen LogP contribution in [0.15, 0.2) is 54.6 Å². The van der Waals surface area contributed by atoms with Gasteiger partial charge in [0.1, 0.15) is 5.75 Å². The Morgan fingerprint density at radius 3 is 2.52 bits per heavy atom. The van der Waals surface area contributed by atoms with E-state index >= 15 is 0 Å². The van der Waals surface area contributed by atoms with Gasteiger partial charge >= 0.3 is 10.1 Å². The third kappa shape index (κ3) is 5.82. The molecule has 1 saturated carbocycles. The Morgan fingerprint density at radius 2 is 1.86 bits per heavy atom. The molecule has 2 aromatic rings. The lowest BCUT2D eigenvalue weighted by Gasteiger charge is -2.25. The molecule has 1 aliphatic rings. The van der Waals surface area contributed by atoms with Crippen molar-refractivity contribution in [1.82, 2.24) is 4.90 Å². The van der Waals surface area contributed by atoms with Gasteiger partial charge in [0.05, 0.1) is 5.75 Å². The van der Waals surface area contributed by atoms with Crippen LogP contribution in [0.1, 0.15) is 44.2 Å². The fourth-order valence-electron chi connectivity index (χ4n) is 3.57. The molecule has 156 valence electrons. The summed E-state index contributed by atoms with van der Waals surface area (Å²) in [6.45, 7) is 6.83. The standard InChI is InChI=1S/C23H29NO4S/c1-4-29(26,27)28-20-12-8-9-18(13-20)16-24(15-17(2)3)23(25)22-14-21(22)19-10-6-5-7-11-19/h5-13,17,21-22H,4,14-16H2,1-3H3/t21-,22-/m0/s1. The zero-order valence-electron chi connectivity index (χ0n) is 17.2. The summed E-state index contributed by atoms with van der Waals surface area (Å²) in [6, 6.07) is 17.2. The SMILES string of the molecule is CCS(=O)(=O)Oc1cccc(CN(CC(C)C)C(=O)[C@H]2C[C@H]2c2ccccc2)c1. The average Bonchev–Trinajstić information content (AvgIpc) is 3.48. The minimum absolute atomic E-state index is 0.0241. The third-order valence-corrected chi connectivity index (χ3v) is 6.23. The highest BCUT2D eigenvalue weighted by atomic mass is 32.2. The molecule has 0 N–H and O–H groups in total. The third-order valence-electron chi connectivity index (χ3n) is 5.08. The zero-order valence-corrected chi connectivity index (χ0v) is 18.1. The molecule has 1 amide bonds. The van der Waals surface area contributed by atoms with Gasteiger partial charge in [-0.1, -0.05) is 56.3 Å². The van der Waals surface area contributed by atoms with Gasteiger partial charge in [-0.2, -0.15) is 8.42 Å². The van der Waals surface area contributed by atoms with Gasteiger partial charge in [-0.15, -0.1) is 0 Å². The van der Waals surface area contributed by atoms with E-state index in [4.69, 9.17) is 4.18 Å². The monoisotopic (exact) mass is 415 g/mol. The molecule has 0 aliphatic heterocycles. The quantitative estimate of drug-likeness (QED) is 0.576. The van der Waals surface area contributed by atoms with E-state index in [-0.39, 0.29) is 23.3 Å². The van der Waals surface area contributed by atoms with Crippen molar-refractivity contribution in [2.75, 3.05) is 12.3 Å². The maximum absolute atomic E-state index is 13.2. The molecule has 6 heteroatoms. The van der Waals surface area contributed by atoms with E-state index < -0.39 is 10.1 Å². The Bertz CT molecular complexity index is 940. The van der Waals surface area contributed by atoms with Crippen molar-refractivity contribution in [3.05, 3.63) is 65.7 Å². The van der Waals surface area contributed by atoms with Crippen molar-refractivity contribution < 1.29 is 17.4 Å². The summed E-state index contributed by atoms with van der Waals surface area (Å²) in [6.07, 6.45) is 0.884. The van der Waals surface area contributed by atoms with E-state index in [0.717, 1.165) is 12.0 Å². The number of carbonyl (C=O) groups excluding carboxylic acids is 1. The second-order valence-corrected chi connectivity index (χ2v) is 9.91. The molecular weight excluding hydrogens is 386 g/mol. The molecule has 0 saturated heterocycles.